The van der Waals surface area contributed by atoms with Gasteiger partial charge in [0.2, 0.25) is 0 Å². The first-order chi connectivity index (χ1) is 12.4. The maximum Gasteiger partial charge on any atom is 0.341 e. The molecule has 26 heavy (non-hydrogen) atoms. The molecule has 0 fully saturated rings. The van der Waals surface area contributed by atoms with Gasteiger partial charge in [-0.1, -0.05) is 18.2 Å². The smallest absolute Gasteiger partial charge is 0.341 e. The van der Waals surface area contributed by atoms with Crippen molar-refractivity contribution >= 4 is 17.8 Å². The molecule has 2 heterocycles. The summed E-state index contributed by atoms with van der Waals surface area (Å²) in [5.41, 5.74) is 1.60. The molecular formula is C19H19NO6. The maximum absolute atomic E-state index is 12.7. The predicted octanol–water partition coefficient (Wildman–Crippen LogP) is 2.11. The fourth-order valence-electron chi connectivity index (χ4n) is 2.96. The van der Waals surface area contributed by atoms with Gasteiger partial charge < -0.3 is 18.8 Å². The lowest BCUT2D eigenvalue weighted by Gasteiger charge is -2.27. The highest BCUT2D eigenvalue weighted by molar-refractivity contribution is 5.95. The Kier molecular flexibility index (Phi) is 4.79. The van der Waals surface area contributed by atoms with Crippen LogP contribution in [0.4, 0.5) is 0 Å². The number of carbonyl (C=O) groups excluding carboxylic acids is 3. The number of furan rings is 1. The van der Waals surface area contributed by atoms with Crippen LogP contribution in [0, 0.1) is 6.92 Å². The molecule has 1 amide bonds. The number of hydrogen-bond acceptors (Lipinski definition) is 6. The van der Waals surface area contributed by atoms with E-state index in [0.29, 0.717) is 29.1 Å². The Hall–Kier alpha value is -3.09. The highest BCUT2D eigenvalue weighted by Gasteiger charge is 2.33. The van der Waals surface area contributed by atoms with E-state index < -0.39 is 18.0 Å². The molecule has 1 atom stereocenters. The zero-order chi connectivity index (χ0) is 18.8. The molecule has 136 valence electrons. The number of benzene rings is 1. The number of carbonyl (C=O) groups is 3. The molecule has 2 aromatic rings. The van der Waals surface area contributed by atoms with Crippen LogP contribution in [0.25, 0.3) is 0 Å². The number of ether oxygens (including phenoxy) is 2. The van der Waals surface area contributed by atoms with Gasteiger partial charge >= 0.3 is 11.9 Å². The van der Waals surface area contributed by atoms with Crippen LogP contribution in [-0.4, -0.2) is 43.0 Å². The lowest BCUT2D eigenvalue weighted by molar-refractivity contribution is -0.140. The van der Waals surface area contributed by atoms with E-state index in [2.05, 4.69) is 4.74 Å². The summed E-state index contributed by atoms with van der Waals surface area (Å²) in [6.07, 6.45) is -0.547. The van der Waals surface area contributed by atoms with E-state index in [0.717, 1.165) is 5.56 Å². The van der Waals surface area contributed by atoms with Gasteiger partial charge in [0.05, 0.1) is 19.2 Å². The Bertz CT molecular complexity index is 869. The summed E-state index contributed by atoms with van der Waals surface area (Å²) in [7, 11) is 2.88. The number of likely N-dealkylation sites (N-methyl/N-ethyl adjacent to an activating group) is 1. The number of methoxy groups -OCH3 is 1. The molecule has 0 N–H and O–H groups in total. The number of nitrogens with zero attached hydrogens (tertiary/aromatic N) is 1. The van der Waals surface area contributed by atoms with Crippen molar-refractivity contribution in [1.29, 1.82) is 0 Å². The standard InChI is InChI=1S/C19H19NO6/c1-11-15(18(22)24-3)9-13(25-11)10-20(2)17(21)16-8-12-6-4-5-7-14(12)19(23)26-16/h4-7,9,16H,8,10H2,1-3H3. The molecule has 0 radical (unpaired) electrons. The summed E-state index contributed by atoms with van der Waals surface area (Å²) in [6.45, 7) is 1.80. The first kappa shape index (κ1) is 17.7. The number of aryl methyl sites for hydroxylation is 1. The van der Waals surface area contributed by atoms with Crippen LogP contribution >= 0.6 is 0 Å². The molecule has 3 rings (SSSR count). The Morgan fingerprint density at radius 3 is 2.77 bits per heavy atom. The van der Waals surface area contributed by atoms with E-state index in [1.54, 1.807) is 32.2 Å². The third-order valence-corrected chi connectivity index (χ3v) is 4.31. The molecule has 1 aromatic carbocycles. The minimum Gasteiger partial charge on any atom is -0.465 e. The molecule has 1 aliphatic heterocycles. The van der Waals surface area contributed by atoms with E-state index >= 15 is 0 Å². The molecule has 0 saturated carbocycles. The minimum absolute atomic E-state index is 0.145. The van der Waals surface area contributed by atoms with Crippen LogP contribution in [0.5, 0.6) is 0 Å². The van der Waals surface area contributed by atoms with Gasteiger partial charge in [-0.05, 0) is 24.6 Å². The van der Waals surface area contributed by atoms with Gasteiger partial charge in [-0.25, -0.2) is 9.59 Å². The monoisotopic (exact) mass is 357 g/mol. The number of esters is 2. The zero-order valence-corrected chi connectivity index (χ0v) is 14.8. The van der Waals surface area contributed by atoms with Crippen LogP contribution in [-0.2, 0) is 27.2 Å². The molecule has 0 bridgehead atoms. The minimum atomic E-state index is -0.876. The SMILES string of the molecule is COC(=O)c1cc(CN(C)C(=O)C2Cc3ccccc3C(=O)O2)oc1C. The molecule has 0 spiro atoms. The Morgan fingerprint density at radius 2 is 2.04 bits per heavy atom. The third-order valence-electron chi connectivity index (χ3n) is 4.31. The van der Waals surface area contributed by atoms with Crippen LogP contribution in [0.2, 0.25) is 0 Å². The number of cyclic esters (lactones) is 1. The van der Waals surface area contributed by atoms with Gasteiger partial charge in [0.25, 0.3) is 5.91 Å². The molecule has 1 aliphatic rings. The van der Waals surface area contributed by atoms with E-state index in [1.807, 2.05) is 12.1 Å². The Balaban J connectivity index is 1.71. The van der Waals surface area contributed by atoms with Crippen LogP contribution in [0.15, 0.2) is 34.7 Å². The van der Waals surface area contributed by atoms with E-state index in [1.165, 1.54) is 12.0 Å². The predicted molar refractivity (Wildman–Crippen MR) is 90.6 cm³/mol. The summed E-state index contributed by atoms with van der Waals surface area (Å²) < 4.78 is 15.5. The lowest BCUT2D eigenvalue weighted by atomic mass is 9.98. The summed E-state index contributed by atoms with van der Waals surface area (Å²) >= 11 is 0. The van der Waals surface area contributed by atoms with Gasteiger partial charge in [-0.3, -0.25) is 4.79 Å². The first-order valence-corrected chi connectivity index (χ1v) is 8.12. The van der Waals surface area contributed by atoms with Gasteiger partial charge in [-0.2, -0.15) is 0 Å². The zero-order valence-electron chi connectivity index (χ0n) is 14.8. The summed E-state index contributed by atoms with van der Waals surface area (Å²) in [6, 6.07) is 8.62. The second-order valence-electron chi connectivity index (χ2n) is 6.12. The average Bonchev–Trinajstić information content (AvgIpc) is 3.00. The van der Waals surface area contributed by atoms with Crippen LogP contribution in [0.1, 0.15) is 37.8 Å². The van der Waals surface area contributed by atoms with Crippen molar-refractivity contribution in [2.75, 3.05) is 14.2 Å². The van der Waals surface area contributed by atoms with Crippen molar-refractivity contribution in [2.45, 2.75) is 26.0 Å². The highest BCUT2D eigenvalue weighted by Crippen LogP contribution is 2.22. The van der Waals surface area contributed by atoms with Crippen molar-refractivity contribution in [3.05, 3.63) is 58.5 Å². The molecule has 1 aromatic heterocycles. The largest absolute Gasteiger partial charge is 0.465 e. The first-order valence-electron chi connectivity index (χ1n) is 8.12. The molecule has 7 nitrogen and oxygen atoms in total. The van der Waals surface area contributed by atoms with E-state index in [4.69, 9.17) is 9.15 Å². The van der Waals surface area contributed by atoms with Crippen molar-refractivity contribution < 1.29 is 28.3 Å². The van der Waals surface area contributed by atoms with Crippen molar-refractivity contribution in [3.8, 4) is 0 Å². The van der Waals surface area contributed by atoms with Crippen molar-refractivity contribution in [1.82, 2.24) is 4.90 Å². The molecule has 1 unspecified atom stereocenters. The van der Waals surface area contributed by atoms with E-state index in [9.17, 15) is 14.4 Å². The van der Waals surface area contributed by atoms with Crippen LogP contribution in [0.3, 0.4) is 0 Å². The lowest BCUT2D eigenvalue weighted by Crippen LogP contribution is -2.42. The fraction of sp³-hybridized carbons (Fsp3) is 0.316. The summed E-state index contributed by atoms with van der Waals surface area (Å²) in [5, 5.41) is 0. The summed E-state index contributed by atoms with van der Waals surface area (Å²) in [4.78, 5) is 37.8. The molecular weight excluding hydrogens is 338 g/mol. The molecule has 0 aliphatic carbocycles. The number of amides is 1. The third kappa shape index (κ3) is 3.33. The summed E-state index contributed by atoms with van der Waals surface area (Å²) in [5.74, 6) is -0.460. The normalized spacial score (nSPS) is 15.8. The average molecular weight is 357 g/mol. The number of fused-ring (bicyclic) bond motifs is 1. The van der Waals surface area contributed by atoms with E-state index in [-0.39, 0.29) is 12.5 Å². The second-order valence-corrected chi connectivity index (χ2v) is 6.12. The van der Waals surface area contributed by atoms with Gasteiger partial charge in [0.1, 0.15) is 17.1 Å². The maximum atomic E-state index is 12.7. The molecule has 7 heteroatoms. The topological polar surface area (TPSA) is 86.0 Å². The van der Waals surface area contributed by atoms with Crippen molar-refractivity contribution in [2.24, 2.45) is 0 Å². The van der Waals surface area contributed by atoms with Gasteiger partial charge in [-0.15, -0.1) is 0 Å². The van der Waals surface area contributed by atoms with Gasteiger partial charge in [0, 0.05) is 13.5 Å². The Labute approximate surface area is 150 Å². The van der Waals surface area contributed by atoms with Gasteiger partial charge in [0.15, 0.2) is 6.10 Å². The highest BCUT2D eigenvalue weighted by atomic mass is 16.5. The number of hydrogen-bond donors (Lipinski definition) is 0. The molecule has 0 saturated heterocycles. The number of rotatable bonds is 4. The van der Waals surface area contributed by atoms with Crippen LogP contribution < -0.4 is 0 Å². The second kappa shape index (κ2) is 7.03. The fourth-order valence-corrected chi connectivity index (χ4v) is 2.96. The Morgan fingerprint density at radius 1 is 1.31 bits per heavy atom. The quantitative estimate of drug-likeness (QED) is 0.779. The van der Waals surface area contributed by atoms with Crippen molar-refractivity contribution in [3.63, 3.8) is 0 Å².